The van der Waals surface area contributed by atoms with Crippen LogP contribution in [0.3, 0.4) is 0 Å². The third-order valence-corrected chi connectivity index (χ3v) is 5.03. The molecule has 6 nitrogen and oxygen atoms in total. The van der Waals surface area contributed by atoms with Crippen LogP contribution in [-0.4, -0.2) is 29.3 Å². The van der Waals surface area contributed by atoms with E-state index >= 15 is 0 Å². The zero-order chi connectivity index (χ0) is 21.1. The first-order valence-corrected chi connectivity index (χ1v) is 9.83. The number of hydrogen-bond donors (Lipinski definition) is 0. The number of pyridine rings is 1. The van der Waals surface area contributed by atoms with Gasteiger partial charge in [0.05, 0.1) is 24.3 Å². The molecule has 0 saturated heterocycles. The Bertz CT molecular complexity index is 1140. The number of aromatic nitrogens is 1. The molecular weight excluding hydrogens is 402 g/mol. The minimum atomic E-state index is -0.465. The minimum Gasteiger partial charge on any atom is -0.462 e. The van der Waals surface area contributed by atoms with Crippen LogP contribution in [0.4, 0.5) is 5.69 Å². The van der Waals surface area contributed by atoms with Gasteiger partial charge in [-0.25, -0.2) is 9.78 Å². The Morgan fingerprint density at radius 2 is 1.87 bits per heavy atom. The lowest BCUT2D eigenvalue weighted by molar-refractivity contribution is 0.0526. The predicted octanol–water partition coefficient (Wildman–Crippen LogP) is 4.52. The molecule has 0 bridgehead atoms. The second-order valence-electron chi connectivity index (χ2n) is 6.59. The lowest BCUT2D eigenvalue weighted by atomic mass is 10.1. The van der Waals surface area contributed by atoms with Crippen molar-refractivity contribution in [3.05, 3.63) is 94.3 Å². The molecule has 1 aliphatic heterocycles. The number of esters is 1. The van der Waals surface area contributed by atoms with Crippen LogP contribution in [0.15, 0.2) is 71.9 Å². The van der Waals surface area contributed by atoms with Gasteiger partial charge >= 0.3 is 5.97 Å². The number of halogens is 1. The number of nitrogens with zero attached hydrogens (tertiary/aromatic N) is 3. The number of benzene rings is 2. The highest BCUT2D eigenvalue weighted by Gasteiger charge is 2.28. The van der Waals surface area contributed by atoms with Gasteiger partial charge in [-0.1, -0.05) is 35.9 Å². The molecule has 4 rings (SSSR count). The molecule has 30 heavy (non-hydrogen) atoms. The topological polar surface area (TPSA) is 71.9 Å². The van der Waals surface area contributed by atoms with Gasteiger partial charge in [-0.05, 0) is 48.9 Å². The molecule has 0 aliphatic carbocycles. The Hall–Kier alpha value is -3.51. The number of aliphatic imine (C=N–C) groups is 1. The molecule has 3 aromatic rings. The molecule has 0 spiro atoms. The highest BCUT2D eigenvalue weighted by Crippen LogP contribution is 2.29. The van der Waals surface area contributed by atoms with Crippen molar-refractivity contribution in [3.63, 3.8) is 0 Å². The van der Waals surface area contributed by atoms with Gasteiger partial charge in [-0.15, -0.1) is 0 Å². The number of fused-ring (bicyclic) bond motifs is 1. The fourth-order valence-corrected chi connectivity index (χ4v) is 3.50. The maximum absolute atomic E-state index is 12.8. The summed E-state index contributed by atoms with van der Waals surface area (Å²) in [5.41, 5.74) is 3.45. The molecule has 1 aliphatic rings. The normalized spacial score (nSPS) is 13.9. The fraction of sp³-hybridized carbons (Fsp3) is 0.130. The largest absolute Gasteiger partial charge is 0.462 e. The van der Waals surface area contributed by atoms with E-state index in [0.717, 1.165) is 16.8 Å². The Balaban J connectivity index is 1.72. The SMILES string of the molecule is CCOC(=O)c1ccc(N2Cc3ccccc3C2=NC(=O)c2cccnc2Cl)cc1. The second kappa shape index (κ2) is 8.47. The van der Waals surface area contributed by atoms with Crippen molar-refractivity contribution in [2.75, 3.05) is 11.5 Å². The van der Waals surface area contributed by atoms with Crippen molar-refractivity contribution in [3.8, 4) is 0 Å². The molecular formula is C23H18ClN3O3. The number of ether oxygens (including phenoxy) is 1. The van der Waals surface area contributed by atoms with Crippen LogP contribution in [0.25, 0.3) is 0 Å². The van der Waals surface area contributed by atoms with Crippen molar-refractivity contribution in [2.45, 2.75) is 13.5 Å². The first kappa shape index (κ1) is 19.8. The summed E-state index contributed by atoms with van der Waals surface area (Å²) in [5, 5.41) is 0.114. The number of amides is 1. The van der Waals surface area contributed by atoms with E-state index in [2.05, 4.69) is 9.98 Å². The summed E-state index contributed by atoms with van der Waals surface area (Å²) in [6, 6.07) is 18.1. The van der Waals surface area contributed by atoms with Gasteiger partial charge in [-0.2, -0.15) is 4.99 Å². The molecule has 0 atom stereocenters. The molecule has 0 saturated carbocycles. The zero-order valence-corrected chi connectivity index (χ0v) is 17.0. The van der Waals surface area contributed by atoms with E-state index in [-0.39, 0.29) is 16.7 Å². The second-order valence-corrected chi connectivity index (χ2v) is 6.95. The van der Waals surface area contributed by atoms with Crippen LogP contribution in [0.2, 0.25) is 5.15 Å². The average molecular weight is 420 g/mol. The molecule has 2 aromatic carbocycles. The summed E-state index contributed by atoms with van der Waals surface area (Å²) in [6.45, 7) is 2.64. The van der Waals surface area contributed by atoms with E-state index in [1.165, 1.54) is 6.20 Å². The van der Waals surface area contributed by atoms with Crippen molar-refractivity contribution >= 4 is 35.0 Å². The lowest BCUT2D eigenvalue weighted by Gasteiger charge is -2.19. The number of amidine groups is 1. The van der Waals surface area contributed by atoms with E-state index in [9.17, 15) is 9.59 Å². The number of anilines is 1. The number of hydrogen-bond acceptors (Lipinski definition) is 4. The maximum Gasteiger partial charge on any atom is 0.338 e. The Labute approximate surface area is 178 Å². The molecule has 1 aromatic heterocycles. The number of rotatable bonds is 4. The standard InChI is InChI=1S/C23H18ClN3O3/c1-2-30-23(29)15-9-11-17(12-10-15)27-14-16-6-3-4-7-18(16)21(27)26-22(28)19-8-5-13-25-20(19)24/h3-13H,2,14H2,1H3. The van der Waals surface area contributed by atoms with Crippen LogP contribution < -0.4 is 4.90 Å². The third kappa shape index (κ3) is 3.82. The van der Waals surface area contributed by atoms with Crippen molar-refractivity contribution in [1.82, 2.24) is 4.98 Å². The van der Waals surface area contributed by atoms with Crippen LogP contribution in [-0.2, 0) is 11.3 Å². The van der Waals surface area contributed by atoms with Gasteiger partial charge in [0.1, 0.15) is 11.0 Å². The first-order chi connectivity index (χ1) is 14.6. The van der Waals surface area contributed by atoms with Gasteiger partial charge < -0.3 is 9.64 Å². The molecule has 0 N–H and O–H groups in total. The summed E-state index contributed by atoms with van der Waals surface area (Å²) >= 11 is 6.07. The van der Waals surface area contributed by atoms with Crippen molar-refractivity contribution in [1.29, 1.82) is 0 Å². The molecule has 150 valence electrons. The van der Waals surface area contributed by atoms with Crippen molar-refractivity contribution < 1.29 is 14.3 Å². The van der Waals surface area contributed by atoms with Gasteiger partial charge in [0.15, 0.2) is 0 Å². The van der Waals surface area contributed by atoms with Gasteiger partial charge in [0.2, 0.25) is 0 Å². The highest BCUT2D eigenvalue weighted by molar-refractivity contribution is 6.33. The average Bonchev–Trinajstić information content (AvgIpc) is 3.13. The monoisotopic (exact) mass is 419 g/mol. The van der Waals surface area contributed by atoms with Gasteiger partial charge in [-0.3, -0.25) is 4.79 Å². The summed E-state index contributed by atoms with van der Waals surface area (Å²) < 4.78 is 5.04. The Kier molecular flexibility index (Phi) is 5.59. The number of carbonyl (C=O) groups is 2. The summed E-state index contributed by atoms with van der Waals surface area (Å²) in [5.74, 6) is -0.309. The molecule has 0 radical (unpaired) electrons. The zero-order valence-electron chi connectivity index (χ0n) is 16.2. The fourth-order valence-electron chi connectivity index (χ4n) is 3.29. The summed E-state index contributed by atoms with van der Waals surface area (Å²) in [6.07, 6.45) is 1.52. The molecule has 2 heterocycles. The molecule has 7 heteroatoms. The smallest absolute Gasteiger partial charge is 0.338 e. The van der Waals surface area contributed by atoms with E-state index in [4.69, 9.17) is 16.3 Å². The summed E-state index contributed by atoms with van der Waals surface area (Å²) in [4.78, 5) is 35.0. The van der Waals surface area contributed by atoms with E-state index in [1.54, 1.807) is 31.2 Å². The minimum absolute atomic E-state index is 0.114. The van der Waals surface area contributed by atoms with Gasteiger partial charge in [0, 0.05) is 17.4 Å². The molecule has 1 amide bonds. The quantitative estimate of drug-likeness (QED) is 0.459. The van der Waals surface area contributed by atoms with E-state index < -0.39 is 5.91 Å². The lowest BCUT2D eigenvalue weighted by Crippen LogP contribution is -2.25. The Morgan fingerprint density at radius 3 is 2.60 bits per heavy atom. The highest BCUT2D eigenvalue weighted by atomic mass is 35.5. The van der Waals surface area contributed by atoms with Crippen LogP contribution >= 0.6 is 11.6 Å². The summed E-state index contributed by atoms with van der Waals surface area (Å²) in [7, 11) is 0. The van der Waals surface area contributed by atoms with E-state index in [1.807, 2.05) is 41.3 Å². The molecule has 0 fully saturated rings. The number of carbonyl (C=O) groups excluding carboxylic acids is 2. The van der Waals surface area contributed by atoms with E-state index in [0.29, 0.717) is 24.6 Å². The van der Waals surface area contributed by atoms with Crippen molar-refractivity contribution in [2.24, 2.45) is 4.99 Å². The molecule has 0 unspecified atom stereocenters. The maximum atomic E-state index is 12.8. The van der Waals surface area contributed by atoms with Crippen LogP contribution in [0, 0.1) is 0 Å². The third-order valence-electron chi connectivity index (χ3n) is 4.73. The predicted molar refractivity (Wildman–Crippen MR) is 115 cm³/mol. The Morgan fingerprint density at radius 1 is 1.10 bits per heavy atom. The first-order valence-electron chi connectivity index (χ1n) is 9.45. The van der Waals surface area contributed by atoms with Crippen LogP contribution in [0.5, 0.6) is 0 Å². The van der Waals surface area contributed by atoms with Gasteiger partial charge in [0.25, 0.3) is 5.91 Å². The van der Waals surface area contributed by atoms with Crippen LogP contribution in [0.1, 0.15) is 38.8 Å².